The van der Waals surface area contributed by atoms with E-state index in [1.807, 2.05) is 24.0 Å². The highest BCUT2D eigenvalue weighted by Crippen LogP contribution is 2.34. The number of nitrogens with zero attached hydrogens (tertiary/aromatic N) is 7. The summed E-state index contributed by atoms with van der Waals surface area (Å²) in [6.07, 6.45) is 3.38. The minimum atomic E-state index is -1.17. The van der Waals surface area contributed by atoms with Crippen LogP contribution in [-0.4, -0.2) is 86.8 Å². The molecule has 0 spiro atoms. The number of aromatic nitrogens is 6. The number of imidazole rings is 2. The molecule has 5 heterocycles. The lowest BCUT2D eigenvalue weighted by atomic mass is 10.1. The maximum Gasteiger partial charge on any atom is 0.226 e. The zero-order valence-corrected chi connectivity index (χ0v) is 20.1. The van der Waals surface area contributed by atoms with Crippen molar-refractivity contribution in [2.75, 3.05) is 24.4 Å². The SMILES string of the molecule is Cn1ccnc1SC1CCN(Nc2nc(Cl)nc3c2ncn3[C@@H]2O[C@H](CCl)C(O)C2O)CC1. The third kappa shape index (κ3) is 4.53. The van der Waals surface area contributed by atoms with Gasteiger partial charge >= 0.3 is 0 Å². The van der Waals surface area contributed by atoms with E-state index in [1.165, 1.54) is 6.33 Å². The molecular formula is C19H24Cl2N8O3S. The van der Waals surface area contributed by atoms with Gasteiger partial charge in [0.2, 0.25) is 5.28 Å². The Balaban J connectivity index is 1.30. The van der Waals surface area contributed by atoms with Crippen LogP contribution in [0.1, 0.15) is 19.1 Å². The molecule has 3 aromatic heterocycles. The van der Waals surface area contributed by atoms with Gasteiger partial charge in [-0.3, -0.25) is 4.57 Å². The summed E-state index contributed by atoms with van der Waals surface area (Å²) in [5.41, 5.74) is 4.20. The number of aliphatic hydroxyl groups excluding tert-OH is 2. The Morgan fingerprint density at radius 3 is 2.67 bits per heavy atom. The number of piperidine rings is 1. The molecule has 178 valence electrons. The second kappa shape index (κ2) is 9.53. The molecule has 14 heteroatoms. The smallest absolute Gasteiger partial charge is 0.226 e. The largest absolute Gasteiger partial charge is 0.387 e. The van der Waals surface area contributed by atoms with E-state index in [9.17, 15) is 10.2 Å². The monoisotopic (exact) mass is 514 g/mol. The molecule has 0 radical (unpaired) electrons. The zero-order chi connectivity index (χ0) is 23.1. The van der Waals surface area contributed by atoms with E-state index in [2.05, 4.69) is 30.4 Å². The number of hydrazine groups is 1. The number of hydrogen-bond donors (Lipinski definition) is 3. The van der Waals surface area contributed by atoms with Crippen molar-refractivity contribution in [1.29, 1.82) is 0 Å². The van der Waals surface area contributed by atoms with Crippen LogP contribution in [0.2, 0.25) is 5.28 Å². The van der Waals surface area contributed by atoms with Crippen molar-refractivity contribution in [2.24, 2.45) is 7.05 Å². The average molecular weight is 515 g/mol. The highest BCUT2D eigenvalue weighted by atomic mass is 35.5. The molecule has 3 N–H and O–H groups in total. The number of hydrogen-bond acceptors (Lipinski definition) is 10. The fraction of sp³-hybridized carbons (Fsp3) is 0.579. The first kappa shape index (κ1) is 23.1. The van der Waals surface area contributed by atoms with E-state index in [1.54, 1.807) is 16.3 Å². The molecule has 0 saturated carbocycles. The van der Waals surface area contributed by atoms with Crippen molar-refractivity contribution < 1.29 is 14.9 Å². The first-order valence-electron chi connectivity index (χ1n) is 10.6. The van der Waals surface area contributed by atoms with Gasteiger partial charge < -0.3 is 24.9 Å². The molecule has 3 aromatic rings. The summed E-state index contributed by atoms with van der Waals surface area (Å²) in [7, 11) is 2.00. The Morgan fingerprint density at radius 1 is 1.21 bits per heavy atom. The standard InChI is InChI=1S/C19H24Cl2N8O3S/c1-27-7-4-22-19(27)33-10-2-5-28(6-3-10)26-15-12-16(25-18(21)24-15)29(9-23-12)17-14(31)13(30)11(8-20)32-17/h4,7,9-11,13-14,17,30-31H,2-3,5-6,8H2,1H3,(H,24,25,26)/t11-,13?,14?,17-/m1/s1. The maximum absolute atomic E-state index is 10.4. The van der Waals surface area contributed by atoms with Crippen LogP contribution >= 0.6 is 35.0 Å². The van der Waals surface area contributed by atoms with Crippen LogP contribution in [0.15, 0.2) is 23.9 Å². The summed E-state index contributed by atoms with van der Waals surface area (Å²) in [5.74, 6) is 0.527. The normalized spacial score (nSPS) is 26.9. The number of thioether (sulfide) groups is 1. The van der Waals surface area contributed by atoms with Gasteiger partial charge in [-0.05, 0) is 24.4 Å². The van der Waals surface area contributed by atoms with Crippen LogP contribution < -0.4 is 5.43 Å². The number of aliphatic hydroxyl groups is 2. The first-order valence-corrected chi connectivity index (χ1v) is 12.4. The molecule has 2 saturated heterocycles. The molecule has 0 aromatic carbocycles. The van der Waals surface area contributed by atoms with Crippen molar-refractivity contribution in [2.45, 2.75) is 47.8 Å². The zero-order valence-electron chi connectivity index (χ0n) is 17.8. The second-order valence-corrected chi connectivity index (χ2v) is 10.0. The third-order valence-electron chi connectivity index (χ3n) is 5.91. The molecule has 11 nitrogen and oxygen atoms in total. The summed E-state index contributed by atoms with van der Waals surface area (Å²) in [5, 5.41) is 24.2. The van der Waals surface area contributed by atoms with Crippen LogP contribution in [-0.2, 0) is 11.8 Å². The summed E-state index contributed by atoms with van der Waals surface area (Å²) in [6.45, 7) is 1.64. The van der Waals surface area contributed by atoms with E-state index in [0.29, 0.717) is 22.2 Å². The lowest BCUT2D eigenvalue weighted by Gasteiger charge is -2.31. The Bertz CT molecular complexity index is 1120. The molecule has 33 heavy (non-hydrogen) atoms. The average Bonchev–Trinajstić information content (AvgIpc) is 3.48. The highest BCUT2D eigenvalue weighted by molar-refractivity contribution is 7.99. The number of aryl methyl sites for hydroxylation is 1. The molecule has 5 rings (SSSR count). The number of ether oxygens (including phenoxy) is 1. The van der Waals surface area contributed by atoms with Crippen molar-refractivity contribution in [1.82, 2.24) is 34.1 Å². The molecule has 2 aliphatic heterocycles. The van der Waals surface area contributed by atoms with Gasteiger partial charge in [-0.1, -0.05) is 11.8 Å². The summed E-state index contributed by atoms with van der Waals surface area (Å²) >= 11 is 13.8. The highest BCUT2D eigenvalue weighted by Gasteiger charge is 2.44. The number of fused-ring (bicyclic) bond motifs is 1. The lowest BCUT2D eigenvalue weighted by Crippen LogP contribution is -2.39. The second-order valence-electron chi connectivity index (χ2n) is 8.10. The van der Waals surface area contributed by atoms with Gasteiger partial charge in [0.25, 0.3) is 0 Å². The van der Waals surface area contributed by atoms with Crippen LogP contribution in [0.3, 0.4) is 0 Å². The minimum Gasteiger partial charge on any atom is -0.387 e. The Morgan fingerprint density at radius 2 is 2.00 bits per heavy atom. The van der Waals surface area contributed by atoms with Crippen LogP contribution in [0.25, 0.3) is 11.2 Å². The molecule has 2 aliphatic rings. The van der Waals surface area contributed by atoms with Gasteiger partial charge in [0.05, 0.1) is 12.2 Å². The molecule has 2 fully saturated rings. The molecule has 2 unspecified atom stereocenters. The van der Waals surface area contributed by atoms with E-state index in [4.69, 9.17) is 27.9 Å². The number of halogens is 2. The fourth-order valence-electron chi connectivity index (χ4n) is 4.09. The molecule has 0 aliphatic carbocycles. The van der Waals surface area contributed by atoms with Crippen molar-refractivity contribution in [3.63, 3.8) is 0 Å². The summed E-state index contributed by atoms with van der Waals surface area (Å²) in [4.78, 5) is 17.4. The van der Waals surface area contributed by atoms with Crippen LogP contribution in [0.4, 0.5) is 5.82 Å². The Labute approximate surface area is 204 Å². The topological polar surface area (TPSA) is 126 Å². The van der Waals surface area contributed by atoms with Crippen LogP contribution in [0, 0.1) is 0 Å². The van der Waals surface area contributed by atoms with Crippen molar-refractivity contribution in [3.8, 4) is 0 Å². The third-order valence-corrected chi connectivity index (χ3v) is 7.79. The summed E-state index contributed by atoms with van der Waals surface area (Å²) in [6, 6.07) is 0. The van der Waals surface area contributed by atoms with E-state index in [-0.39, 0.29) is 11.2 Å². The van der Waals surface area contributed by atoms with Gasteiger partial charge in [0.15, 0.2) is 28.4 Å². The Hall–Kier alpha value is -1.67. The molecular weight excluding hydrogens is 491 g/mol. The van der Waals surface area contributed by atoms with Gasteiger partial charge in [0, 0.05) is 37.8 Å². The number of nitrogens with one attached hydrogen (secondary N) is 1. The van der Waals surface area contributed by atoms with Gasteiger partial charge in [0.1, 0.15) is 18.3 Å². The lowest BCUT2D eigenvalue weighted by molar-refractivity contribution is -0.0291. The van der Waals surface area contributed by atoms with Gasteiger partial charge in [-0.2, -0.15) is 9.97 Å². The molecule has 0 bridgehead atoms. The molecule has 4 atom stereocenters. The van der Waals surface area contributed by atoms with Crippen molar-refractivity contribution in [3.05, 3.63) is 24.0 Å². The van der Waals surface area contributed by atoms with E-state index >= 15 is 0 Å². The summed E-state index contributed by atoms with van der Waals surface area (Å²) < 4.78 is 9.31. The predicted octanol–water partition coefficient (Wildman–Crippen LogP) is 1.65. The van der Waals surface area contributed by atoms with E-state index in [0.717, 1.165) is 31.1 Å². The maximum atomic E-state index is 10.4. The minimum absolute atomic E-state index is 0.0360. The molecule has 0 amide bonds. The number of alkyl halides is 1. The van der Waals surface area contributed by atoms with E-state index < -0.39 is 24.5 Å². The fourth-order valence-corrected chi connectivity index (χ4v) is 5.60. The Kier molecular flexibility index (Phi) is 6.67. The first-order chi connectivity index (χ1) is 15.9. The quantitative estimate of drug-likeness (QED) is 0.330. The number of rotatable bonds is 6. The van der Waals surface area contributed by atoms with Gasteiger partial charge in [-0.15, -0.1) is 11.6 Å². The van der Waals surface area contributed by atoms with Crippen molar-refractivity contribution >= 4 is 51.9 Å². The number of anilines is 1. The van der Waals surface area contributed by atoms with Crippen LogP contribution in [0.5, 0.6) is 0 Å². The van der Waals surface area contributed by atoms with Gasteiger partial charge in [-0.25, -0.2) is 15.0 Å². The predicted molar refractivity (Wildman–Crippen MR) is 124 cm³/mol.